The van der Waals surface area contributed by atoms with Crippen LogP contribution in [0.3, 0.4) is 0 Å². The summed E-state index contributed by atoms with van der Waals surface area (Å²) in [6.07, 6.45) is 11.2. The van der Waals surface area contributed by atoms with Crippen molar-refractivity contribution in [1.29, 1.82) is 0 Å². The molecule has 1 N–H and O–H groups in total. The van der Waals surface area contributed by atoms with Crippen LogP contribution in [0.25, 0.3) is 0 Å². The third kappa shape index (κ3) is 7.35. The van der Waals surface area contributed by atoms with E-state index < -0.39 is 6.10 Å². The van der Waals surface area contributed by atoms with Crippen molar-refractivity contribution in [3.8, 4) is 5.95 Å². The summed E-state index contributed by atoms with van der Waals surface area (Å²) < 4.78 is 10.6. The molecule has 1 aromatic rings. The van der Waals surface area contributed by atoms with Crippen LogP contribution < -0.4 is 10.2 Å². The monoisotopic (exact) mass is 386 g/mol. The molecule has 4 heteroatoms. The van der Waals surface area contributed by atoms with E-state index >= 15 is 0 Å². The van der Waals surface area contributed by atoms with Gasteiger partial charge in [0.25, 0.3) is 5.95 Å². The van der Waals surface area contributed by atoms with Gasteiger partial charge in [0, 0.05) is 17.9 Å². The molecule has 0 radical (unpaired) electrons. The summed E-state index contributed by atoms with van der Waals surface area (Å²) in [5, 5.41) is 10.2. The quantitative estimate of drug-likeness (QED) is 0.462. The number of rotatable bonds is 9. The molecule has 0 aliphatic heterocycles. The van der Waals surface area contributed by atoms with Crippen molar-refractivity contribution in [3.05, 3.63) is 74.7 Å². The molecule has 0 aliphatic rings. The average Bonchev–Trinajstić information content (AvgIpc) is 2.67. The Balaban J connectivity index is 2.71. The SMILES string of the molecule is C/C=C(\C)C(O)C(C)/C=C(C)/C=C/C/C(C)=C/Cc1oc(OC)cc(=O)c1C. The van der Waals surface area contributed by atoms with Gasteiger partial charge in [-0.3, -0.25) is 4.79 Å². The zero-order valence-electron chi connectivity index (χ0n) is 18.2. The average molecular weight is 387 g/mol. The van der Waals surface area contributed by atoms with Crippen LogP contribution in [-0.2, 0) is 6.42 Å². The predicted octanol–water partition coefficient (Wildman–Crippen LogP) is 5.30. The van der Waals surface area contributed by atoms with Gasteiger partial charge in [0.15, 0.2) is 5.43 Å². The topological polar surface area (TPSA) is 59.7 Å². The molecule has 154 valence electrons. The Morgan fingerprint density at radius 3 is 2.61 bits per heavy atom. The largest absolute Gasteiger partial charge is 0.468 e. The summed E-state index contributed by atoms with van der Waals surface area (Å²) in [4.78, 5) is 11.9. The molecule has 0 fully saturated rings. The maximum absolute atomic E-state index is 11.9. The van der Waals surface area contributed by atoms with Crippen molar-refractivity contribution in [2.24, 2.45) is 5.92 Å². The van der Waals surface area contributed by atoms with E-state index in [9.17, 15) is 9.90 Å². The highest BCUT2D eigenvalue weighted by atomic mass is 16.6. The van der Waals surface area contributed by atoms with Crippen molar-refractivity contribution < 1.29 is 14.3 Å². The summed E-state index contributed by atoms with van der Waals surface area (Å²) in [7, 11) is 1.48. The van der Waals surface area contributed by atoms with Crippen molar-refractivity contribution in [2.45, 2.75) is 60.5 Å². The van der Waals surface area contributed by atoms with Gasteiger partial charge in [-0.2, -0.15) is 0 Å². The van der Waals surface area contributed by atoms with Crippen LogP contribution in [0.1, 0.15) is 52.4 Å². The van der Waals surface area contributed by atoms with Crippen molar-refractivity contribution in [1.82, 2.24) is 0 Å². The lowest BCUT2D eigenvalue weighted by Crippen LogP contribution is -2.17. The lowest BCUT2D eigenvalue weighted by Gasteiger charge is -2.16. The Hall–Kier alpha value is -2.33. The highest BCUT2D eigenvalue weighted by molar-refractivity contribution is 5.24. The minimum Gasteiger partial charge on any atom is -0.468 e. The Bertz CT molecular complexity index is 821. The highest BCUT2D eigenvalue weighted by Crippen LogP contribution is 2.17. The first-order valence-electron chi connectivity index (χ1n) is 9.68. The lowest BCUT2D eigenvalue weighted by molar-refractivity contribution is 0.173. The van der Waals surface area contributed by atoms with Gasteiger partial charge in [-0.15, -0.1) is 0 Å². The number of hydrogen-bond acceptors (Lipinski definition) is 4. The first kappa shape index (κ1) is 23.7. The minimum atomic E-state index is -0.448. The molecule has 0 bridgehead atoms. The summed E-state index contributed by atoms with van der Waals surface area (Å²) >= 11 is 0. The van der Waals surface area contributed by atoms with Gasteiger partial charge in [0.2, 0.25) is 0 Å². The zero-order valence-corrected chi connectivity index (χ0v) is 18.2. The van der Waals surface area contributed by atoms with E-state index in [0.717, 1.165) is 17.6 Å². The molecular weight excluding hydrogens is 352 g/mol. The zero-order chi connectivity index (χ0) is 21.3. The molecule has 0 aliphatic carbocycles. The maximum atomic E-state index is 11.9. The molecular formula is C24H34O4. The number of hydrogen-bond donors (Lipinski definition) is 1. The van der Waals surface area contributed by atoms with E-state index in [4.69, 9.17) is 9.15 Å². The highest BCUT2D eigenvalue weighted by Gasteiger charge is 2.12. The second kappa shape index (κ2) is 11.5. The van der Waals surface area contributed by atoms with Gasteiger partial charge in [0.05, 0.1) is 19.3 Å². The van der Waals surface area contributed by atoms with Crippen LogP contribution in [0.5, 0.6) is 5.95 Å². The Morgan fingerprint density at radius 2 is 2.00 bits per heavy atom. The maximum Gasteiger partial charge on any atom is 0.288 e. The fraction of sp³-hybridized carbons (Fsp3) is 0.458. The molecule has 0 aromatic carbocycles. The summed E-state index contributed by atoms with van der Waals surface area (Å²) in [6.45, 7) is 11.8. The van der Waals surface area contributed by atoms with Crippen molar-refractivity contribution in [2.75, 3.05) is 7.11 Å². The van der Waals surface area contributed by atoms with Crippen LogP contribution in [0.4, 0.5) is 0 Å². The molecule has 0 saturated heterocycles. The molecule has 1 aromatic heterocycles. The number of ether oxygens (including phenoxy) is 1. The van der Waals surface area contributed by atoms with Gasteiger partial charge >= 0.3 is 0 Å². The fourth-order valence-corrected chi connectivity index (χ4v) is 2.80. The van der Waals surface area contributed by atoms with Crippen LogP contribution in [0, 0.1) is 12.8 Å². The predicted molar refractivity (Wildman–Crippen MR) is 116 cm³/mol. The normalized spacial score (nSPS) is 15.8. The van der Waals surface area contributed by atoms with Gasteiger partial charge < -0.3 is 14.3 Å². The van der Waals surface area contributed by atoms with Crippen molar-refractivity contribution in [3.63, 3.8) is 0 Å². The third-order valence-corrected chi connectivity index (χ3v) is 4.86. The lowest BCUT2D eigenvalue weighted by atomic mass is 9.96. The molecule has 1 rings (SSSR count). The van der Waals surface area contributed by atoms with E-state index in [2.05, 4.69) is 31.2 Å². The number of aliphatic hydroxyl groups is 1. The van der Waals surface area contributed by atoms with E-state index in [1.54, 1.807) is 6.92 Å². The van der Waals surface area contributed by atoms with Crippen molar-refractivity contribution >= 4 is 0 Å². The molecule has 0 spiro atoms. The Morgan fingerprint density at radius 1 is 1.32 bits per heavy atom. The molecule has 1 heterocycles. The van der Waals surface area contributed by atoms with Gasteiger partial charge in [-0.1, -0.05) is 48.5 Å². The summed E-state index contributed by atoms with van der Waals surface area (Å²) in [6, 6.07) is 1.36. The third-order valence-electron chi connectivity index (χ3n) is 4.86. The minimum absolute atomic E-state index is 0.0661. The first-order chi connectivity index (χ1) is 13.2. The molecule has 0 amide bonds. The molecule has 2 unspecified atom stereocenters. The van der Waals surface area contributed by atoms with Gasteiger partial charge in [-0.05, 0) is 46.6 Å². The number of allylic oxidation sites excluding steroid dienone is 6. The second-order valence-corrected chi connectivity index (χ2v) is 7.29. The van der Waals surface area contributed by atoms with E-state index in [1.165, 1.54) is 18.7 Å². The van der Waals surface area contributed by atoms with E-state index in [-0.39, 0.29) is 17.3 Å². The molecule has 2 atom stereocenters. The summed E-state index contributed by atoms with van der Waals surface area (Å²) in [5.74, 6) is 0.934. The molecule has 4 nitrogen and oxygen atoms in total. The second-order valence-electron chi connectivity index (χ2n) is 7.29. The first-order valence-corrected chi connectivity index (χ1v) is 9.68. The smallest absolute Gasteiger partial charge is 0.288 e. The Kier molecular flexibility index (Phi) is 9.74. The standard InChI is InChI=1S/C24H34O4/c1-8-18(4)24(26)19(5)14-17(3)11-9-10-16(2)12-13-22-20(6)21(25)15-23(27-7)28-22/h8-9,11-12,14-15,19,24,26H,10,13H2,1-7H3/b11-9+,16-12+,17-14+,18-8+. The van der Waals surface area contributed by atoms with E-state index in [1.807, 2.05) is 33.8 Å². The fourth-order valence-electron chi connectivity index (χ4n) is 2.80. The van der Waals surface area contributed by atoms with Crippen LogP contribution in [0.15, 0.2) is 62.4 Å². The van der Waals surface area contributed by atoms with Gasteiger partial charge in [0.1, 0.15) is 5.76 Å². The molecule has 0 saturated carbocycles. The van der Waals surface area contributed by atoms with Crippen LogP contribution in [-0.4, -0.2) is 18.3 Å². The van der Waals surface area contributed by atoms with Crippen LogP contribution >= 0.6 is 0 Å². The molecule has 28 heavy (non-hydrogen) atoms. The Labute approximate surface area is 168 Å². The van der Waals surface area contributed by atoms with Crippen LogP contribution in [0.2, 0.25) is 0 Å². The summed E-state index contributed by atoms with van der Waals surface area (Å²) in [5.41, 5.74) is 3.83. The number of aliphatic hydroxyl groups excluding tert-OH is 1. The van der Waals surface area contributed by atoms with E-state index in [0.29, 0.717) is 17.7 Å². The van der Waals surface area contributed by atoms with Gasteiger partial charge in [-0.25, -0.2) is 0 Å². The number of methoxy groups -OCH3 is 1.